The van der Waals surface area contributed by atoms with Crippen molar-refractivity contribution in [3.05, 3.63) is 29.8 Å². The Morgan fingerprint density at radius 1 is 1.35 bits per heavy atom. The summed E-state index contributed by atoms with van der Waals surface area (Å²) < 4.78 is 0. The number of benzene rings is 1. The van der Waals surface area contributed by atoms with Crippen LogP contribution in [0, 0.1) is 11.3 Å². The first-order valence-electron chi connectivity index (χ1n) is 5.81. The minimum atomic E-state index is 0.105. The monoisotopic (exact) mass is 229 g/mol. The van der Waals surface area contributed by atoms with Gasteiger partial charge < -0.3 is 10.6 Å². The van der Waals surface area contributed by atoms with Gasteiger partial charge in [0.15, 0.2) is 0 Å². The molecule has 0 aromatic heterocycles. The molecule has 17 heavy (non-hydrogen) atoms. The van der Waals surface area contributed by atoms with Gasteiger partial charge in [-0.05, 0) is 37.1 Å². The summed E-state index contributed by atoms with van der Waals surface area (Å²) in [5.74, 6) is 0.105. The zero-order valence-electron chi connectivity index (χ0n) is 9.57. The predicted octanol–water partition coefficient (Wildman–Crippen LogP) is 1.64. The lowest BCUT2D eigenvalue weighted by Gasteiger charge is -2.16. The molecule has 0 spiro atoms. The Hall–Kier alpha value is -2.02. The lowest BCUT2D eigenvalue weighted by atomic mass is 10.1. The first-order valence-corrected chi connectivity index (χ1v) is 5.81. The molecule has 0 bridgehead atoms. The summed E-state index contributed by atoms with van der Waals surface area (Å²) in [6, 6.07) is 9.58. The average molecular weight is 229 g/mol. The van der Waals surface area contributed by atoms with Crippen molar-refractivity contribution in [1.82, 2.24) is 5.32 Å². The molecule has 88 valence electrons. The highest BCUT2D eigenvalue weighted by Gasteiger charge is 2.16. The number of hydrogen-bond donors (Lipinski definition) is 2. The third-order valence-electron chi connectivity index (χ3n) is 2.87. The fourth-order valence-electron chi connectivity index (χ4n) is 1.97. The molecule has 1 aromatic carbocycles. The van der Waals surface area contributed by atoms with E-state index in [9.17, 15) is 4.79 Å². The van der Waals surface area contributed by atoms with Gasteiger partial charge in [-0.25, -0.2) is 0 Å². The molecule has 1 heterocycles. The molecule has 0 aliphatic carbocycles. The zero-order chi connectivity index (χ0) is 12.1. The molecule has 4 nitrogen and oxygen atoms in total. The summed E-state index contributed by atoms with van der Waals surface area (Å²) in [6.45, 7) is 0.768. The van der Waals surface area contributed by atoms with Gasteiger partial charge >= 0.3 is 0 Å². The SMILES string of the molecule is N#Cc1ccc(NC2CCCNC(=O)C2)cc1. The Morgan fingerprint density at radius 2 is 2.12 bits per heavy atom. The molecule has 2 rings (SSSR count). The van der Waals surface area contributed by atoms with E-state index in [0.29, 0.717) is 12.0 Å². The summed E-state index contributed by atoms with van der Waals surface area (Å²) in [7, 11) is 0. The first kappa shape index (κ1) is 11.5. The largest absolute Gasteiger partial charge is 0.382 e. The van der Waals surface area contributed by atoms with Crippen molar-refractivity contribution in [3.8, 4) is 6.07 Å². The van der Waals surface area contributed by atoms with Gasteiger partial charge in [0.1, 0.15) is 0 Å². The van der Waals surface area contributed by atoms with Gasteiger partial charge in [0.25, 0.3) is 0 Å². The third kappa shape index (κ3) is 3.22. The van der Waals surface area contributed by atoms with Crippen LogP contribution in [0.1, 0.15) is 24.8 Å². The zero-order valence-corrected chi connectivity index (χ0v) is 9.57. The Kier molecular flexibility index (Phi) is 3.61. The van der Waals surface area contributed by atoms with Gasteiger partial charge in [0.2, 0.25) is 5.91 Å². The number of hydrogen-bond acceptors (Lipinski definition) is 3. The molecular weight excluding hydrogens is 214 g/mol. The van der Waals surface area contributed by atoms with E-state index < -0.39 is 0 Å². The molecule has 4 heteroatoms. The van der Waals surface area contributed by atoms with Crippen LogP contribution in [0.2, 0.25) is 0 Å². The minimum absolute atomic E-state index is 0.105. The smallest absolute Gasteiger partial charge is 0.222 e. The van der Waals surface area contributed by atoms with Crippen molar-refractivity contribution in [2.75, 3.05) is 11.9 Å². The Morgan fingerprint density at radius 3 is 2.82 bits per heavy atom. The van der Waals surface area contributed by atoms with Crippen molar-refractivity contribution < 1.29 is 4.79 Å². The maximum absolute atomic E-state index is 11.4. The van der Waals surface area contributed by atoms with Gasteiger partial charge in [-0.3, -0.25) is 4.79 Å². The molecule has 0 saturated carbocycles. The van der Waals surface area contributed by atoms with E-state index in [1.807, 2.05) is 12.1 Å². The van der Waals surface area contributed by atoms with E-state index in [2.05, 4.69) is 16.7 Å². The molecule has 1 aromatic rings. The molecular formula is C13H15N3O. The van der Waals surface area contributed by atoms with Crippen LogP contribution in [0.5, 0.6) is 0 Å². The standard InChI is InChI=1S/C13H15N3O/c14-9-10-3-5-11(6-4-10)16-12-2-1-7-15-13(17)8-12/h3-6,12,16H,1-2,7-8H2,(H,15,17). The summed E-state index contributed by atoms with van der Waals surface area (Å²) >= 11 is 0. The van der Waals surface area contributed by atoms with Crippen LogP contribution in [0.15, 0.2) is 24.3 Å². The Labute approximate surface area is 101 Å². The van der Waals surface area contributed by atoms with E-state index in [4.69, 9.17) is 5.26 Å². The fraction of sp³-hybridized carbons (Fsp3) is 0.385. The molecule has 1 saturated heterocycles. The van der Waals surface area contributed by atoms with Crippen LogP contribution < -0.4 is 10.6 Å². The number of rotatable bonds is 2. The molecule has 0 radical (unpaired) electrons. The van der Waals surface area contributed by atoms with E-state index in [1.54, 1.807) is 12.1 Å². The van der Waals surface area contributed by atoms with Crippen LogP contribution in [0.25, 0.3) is 0 Å². The Bertz CT molecular complexity index is 433. The second kappa shape index (κ2) is 5.35. The van der Waals surface area contributed by atoms with Crippen molar-refractivity contribution >= 4 is 11.6 Å². The summed E-state index contributed by atoms with van der Waals surface area (Å²) in [4.78, 5) is 11.4. The normalized spacial score (nSPS) is 19.9. The number of amides is 1. The molecule has 1 amide bonds. The number of carbonyl (C=O) groups excluding carboxylic acids is 1. The maximum atomic E-state index is 11.4. The lowest BCUT2D eigenvalue weighted by molar-refractivity contribution is -0.120. The van der Waals surface area contributed by atoms with Crippen LogP contribution in [0.4, 0.5) is 5.69 Å². The Balaban J connectivity index is 1.99. The maximum Gasteiger partial charge on any atom is 0.222 e. The van der Waals surface area contributed by atoms with E-state index in [0.717, 1.165) is 25.1 Å². The van der Waals surface area contributed by atoms with Gasteiger partial charge in [0, 0.05) is 24.7 Å². The molecule has 1 fully saturated rings. The quantitative estimate of drug-likeness (QED) is 0.810. The fourth-order valence-corrected chi connectivity index (χ4v) is 1.97. The van der Waals surface area contributed by atoms with Crippen molar-refractivity contribution in [2.24, 2.45) is 0 Å². The summed E-state index contributed by atoms with van der Waals surface area (Å²) in [6.07, 6.45) is 2.50. The molecule has 1 aliphatic rings. The van der Waals surface area contributed by atoms with E-state index >= 15 is 0 Å². The second-order valence-electron chi connectivity index (χ2n) is 4.23. The number of nitrogens with one attached hydrogen (secondary N) is 2. The summed E-state index contributed by atoms with van der Waals surface area (Å²) in [5, 5.41) is 14.9. The second-order valence-corrected chi connectivity index (χ2v) is 4.23. The molecule has 2 N–H and O–H groups in total. The number of anilines is 1. The highest BCUT2D eigenvalue weighted by molar-refractivity contribution is 5.77. The first-order chi connectivity index (χ1) is 8.28. The number of nitriles is 1. The van der Waals surface area contributed by atoms with Crippen molar-refractivity contribution in [1.29, 1.82) is 5.26 Å². The highest BCUT2D eigenvalue weighted by Crippen LogP contribution is 2.15. The summed E-state index contributed by atoms with van der Waals surface area (Å²) in [5.41, 5.74) is 1.61. The van der Waals surface area contributed by atoms with Crippen LogP contribution >= 0.6 is 0 Å². The third-order valence-corrected chi connectivity index (χ3v) is 2.87. The van der Waals surface area contributed by atoms with Gasteiger partial charge in [-0.2, -0.15) is 5.26 Å². The van der Waals surface area contributed by atoms with Crippen molar-refractivity contribution in [2.45, 2.75) is 25.3 Å². The van der Waals surface area contributed by atoms with Gasteiger partial charge in [0.05, 0.1) is 11.6 Å². The number of carbonyl (C=O) groups is 1. The molecule has 1 unspecified atom stereocenters. The van der Waals surface area contributed by atoms with Gasteiger partial charge in [-0.1, -0.05) is 0 Å². The molecule has 1 aliphatic heterocycles. The van der Waals surface area contributed by atoms with E-state index in [1.165, 1.54) is 0 Å². The number of nitrogens with zero attached hydrogens (tertiary/aromatic N) is 1. The van der Waals surface area contributed by atoms with Crippen LogP contribution in [0.3, 0.4) is 0 Å². The van der Waals surface area contributed by atoms with Crippen molar-refractivity contribution in [3.63, 3.8) is 0 Å². The van der Waals surface area contributed by atoms with E-state index in [-0.39, 0.29) is 11.9 Å². The van der Waals surface area contributed by atoms with Crippen LogP contribution in [-0.2, 0) is 4.79 Å². The van der Waals surface area contributed by atoms with Crippen LogP contribution in [-0.4, -0.2) is 18.5 Å². The average Bonchev–Trinajstić information content (AvgIpc) is 2.55. The minimum Gasteiger partial charge on any atom is -0.382 e. The highest BCUT2D eigenvalue weighted by atomic mass is 16.1. The lowest BCUT2D eigenvalue weighted by Crippen LogP contribution is -2.26. The topological polar surface area (TPSA) is 64.9 Å². The molecule has 1 atom stereocenters. The predicted molar refractivity (Wildman–Crippen MR) is 65.4 cm³/mol. The van der Waals surface area contributed by atoms with Gasteiger partial charge in [-0.15, -0.1) is 0 Å².